The molecule has 5 atom stereocenters. The maximum Gasteiger partial charge on any atom is 0.308 e. The second-order valence-corrected chi connectivity index (χ2v) is 14.7. The van der Waals surface area contributed by atoms with Crippen LogP contribution in [-0.2, 0) is 41.9 Å². The topological polar surface area (TPSA) is 181 Å². The second kappa shape index (κ2) is 21.2. The van der Waals surface area contributed by atoms with Gasteiger partial charge in [-0.05, 0) is 56.1 Å². The Morgan fingerprint density at radius 2 is 1.51 bits per heavy atom. The van der Waals surface area contributed by atoms with Gasteiger partial charge in [0.25, 0.3) is 0 Å². The highest BCUT2D eigenvalue weighted by Crippen LogP contribution is 2.17. The summed E-state index contributed by atoms with van der Waals surface area (Å²) in [6.45, 7) is 17.7. The van der Waals surface area contributed by atoms with E-state index in [1.54, 1.807) is 11.6 Å². The predicted molar refractivity (Wildman–Crippen MR) is 195 cm³/mol. The number of esters is 1. The molecule has 0 saturated carbocycles. The fraction of sp³-hybridized carbons (Fsp3) is 0.632. The van der Waals surface area contributed by atoms with Crippen molar-refractivity contribution in [3.63, 3.8) is 0 Å². The average Bonchev–Trinajstić information content (AvgIpc) is 3.39. The molecule has 0 aliphatic heterocycles. The highest BCUT2D eigenvalue weighted by atomic mass is 16.5. The molecule has 0 fully saturated rings. The van der Waals surface area contributed by atoms with Crippen molar-refractivity contribution in [2.75, 3.05) is 6.54 Å². The van der Waals surface area contributed by atoms with Crippen molar-refractivity contribution < 1.29 is 33.8 Å². The predicted octanol–water partition coefficient (Wildman–Crippen LogP) is 3.34. The molecule has 1 aromatic heterocycles. The first kappa shape index (κ1) is 42.9. The van der Waals surface area contributed by atoms with Crippen LogP contribution in [0.4, 0.5) is 0 Å². The Labute approximate surface area is 303 Å². The van der Waals surface area contributed by atoms with E-state index in [0.29, 0.717) is 13.0 Å². The number of nitrogens with one attached hydrogen (secondary N) is 4. The highest BCUT2D eigenvalue weighted by Gasteiger charge is 2.32. The summed E-state index contributed by atoms with van der Waals surface area (Å²) in [7, 11) is 0. The summed E-state index contributed by atoms with van der Waals surface area (Å²) >= 11 is 0. The van der Waals surface area contributed by atoms with Crippen molar-refractivity contribution in [2.24, 2.45) is 23.7 Å². The molecule has 0 aliphatic carbocycles. The van der Waals surface area contributed by atoms with E-state index in [2.05, 4.69) is 26.4 Å². The zero-order chi connectivity index (χ0) is 38.2. The third kappa shape index (κ3) is 15.7. The summed E-state index contributed by atoms with van der Waals surface area (Å²) in [5.74, 6) is -3.00. The van der Waals surface area contributed by atoms with Gasteiger partial charge in [-0.1, -0.05) is 78.8 Å². The van der Waals surface area contributed by atoms with Crippen molar-refractivity contribution >= 4 is 29.6 Å². The van der Waals surface area contributed by atoms with Crippen LogP contribution in [0.5, 0.6) is 0 Å². The van der Waals surface area contributed by atoms with Crippen molar-refractivity contribution in [3.05, 3.63) is 53.3 Å². The molecule has 0 spiro atoms. The zero-order valence-electron chi connectivity index (χ0n) is 31.8. The summed E-state index contributed by atoms with van der Waals surface area (Å²) < 4.78 is 7.12. The molecule has 51 heavy (non-hydrogen) atoms. The normalized spacial score (nSPS) is 14.4. The number of aromatic nitrogens is 2. The van der Waals surface area contributed by atoms with Gasteiger partial charge in [0.1, 0.15) is 18.7 Å². The first-order valence-corrected chi connectivity index (χ1v) is 18.0. The number of rotatable bonds is 21. The lowest BCUT2D eigenvalue weighted by Gasteiger charge is -2.30. The molecular formula is C38H60N6O7. The third-order valence-electron chi connectivity index (χ3n) is 8.41. The lowest BCUT2D eigenvalue weighted by molar-refractivity contribution is -0.147. The first-order valence-electron chi connectivity index (χ1n) is 18.0. The zero-order valence-corrected chi connectivity index (χ0v) is 31.8. The van der Waals surface area contributed by atoms with Crippen LogP contribution in [-0.4, -0.2) is 75.3 Å². The van der Waals surface area contributed by atoms with Crippen molar-refractivity contribution in [1.29, 1.82) is 0 Å². The molecular weight excluding hydrogens is 652 g/mol. The number of ether oxygens (including phenoxy) is 1. The van der Waals surface area contributed by atoms with Crippen LogP contribution in [0.1, 0.15) is 91.1 Å². The molecule has 5 N–H and O–H groups in total. The summed E-state index contributed by atoms with van der Waals surface area (Å²) in [4.78, 5) is 65.8. The van der Waals surface area contributed by atoms with Gasteiger partial charge in [0.05, 0.1) is 24.3 Å². The van der Waals surface area contributed by atoms with Gasteiger partial charge in [0.2, 0.25) is 23.6 Å². The van der Waals surface area contributed by atoms with E-state index >= 15 is 0 Å². The molecule has 13 nitrogen and oxygen atoms in total. The van der Waals surface area contributed by atoms with Crippen LogP contribution in [0.25, 0.3) is 0 Å². The standard InChI is InChI=1S/C38H60N6O7/c1-23(2)17-30(32(45)18-26(7)36(48)42-35(25(5)6)38(50)39-21-24(3)4)41-37(49)31(20-34(47)51-22-29-13-11-10-12-14-29)40-33(46)15-16-44-28(9)19-27(8)43-44/h10-14,19,23-26,30-32,35,45H,15-18,20-22H2,1-9H3,(H,39,50)(H,40,46)(H,41,49)(H,42,48). The number of aryl methyl sites for hydroxylation is 3. The van der Waals surface area contributed by atoms with Crippen LogP contribution in [0.15, 0.2) is 36.4 Å². The van der Waals surface area contributed by atoms with Crippen LogP contribution < -0.4 is 21.3 Å². The summed E-state index contributed by atoms with van der Waals surface area (Å²) in [5.41, 5.74) is 2.48. The van der Waals surface area contributed by atoms with Crippen LogP contribution in [0.2, 0.25) is 0 Å². The second-order valence-electron chi connectivity index (χ2n) is 14.7. The molecule has 1 heterocycles. The van der Waals surface area contributed by atoms with Crippen LogP contribution in [0.3, 0.4) is 0 Å². The molecule has 2 aromatic rings. The molecule has 0 saturated heterocycles. The smallest absolute Gasteiger partial charge is 0.308 e. The summed E-state index contributed by atoms with van der Waals surface area (Å²) in [5, 5.41) is 26.9. The number of aliphatic hydroxyl groups is 1. The number of benzene rings is 1. The minimum Gasteiger partial charge on any atom is -0.461 e. The Kier molecular flexibility index (Phi) is 17.8. The maximum absolute atomic E-state index is 13.8. The van der Waals surface area contributed by atoms with E-state index in [4.69, 9.17) is 4.74 Å². The molecule has 5 unspecified atom stereocenters. The van der Waals surface area contributed by atoms with E-state index in [1.165, 1.54) is 0 Å². The Morgan fingerprint density at radius 1 is 0.843 bits per heavy atom. The molecule has 13 heteroatoms. The van der Waals surface area contributed by atoms with Crippen molar-refractivity contribution in [1.82, 2.24) is 31.0 Å². The minimum absolute atomic E-state index is 0.000704. The number of carbonyl (C=O) groups excluding carboxylic acids is 5. The van der Waals surface area contributed by atoms with Gasteiger partial charge in [0, 0.05) is 31.1 Å². The van der Waals surface area contributed by atoms with Crippen molar-refractivity contribution in [3.8, 4) is 0 Å². The molecule has 0 radical (unpaired) electrons. The van der Waals surface area contributed by atoms with E-state index in [1.807, 2.05) is 91.8 Å². The highest BCUT2D eigenvalue weighted by molar-refractivity contribution is 5.91. The van der Waals surface area contributed by atoms with Gasteiger partial charge in [-0.15, -0.1) is 0 Å². The Hall–Kier alpha value is -4.26. The largest absolute Gasteiger partial charge is 0.461 e. The Balaban J connectivity index is 2.15. The number of amides is 4. The van der Waals surface area contributed by atoms with Gasteiger partial charge in [0.15, 0.2) is 0 Å². The van der Waals surface area contributed by atoms with Gasteiger partial charge in [-0.25, -0.2) is 0 Å². The molecule has 4 amide bonds. The van der Waals surface area contributed by atoms with Gasteiger partial charge in [-0.3, -0.25) is 28.7 Å². The van der Waals surface area contributed by atoms with Gasteiger partial charge in [-0.2, -0.15) is 5.10 Å². The maximum atomic E-state index is 13.8. The average molecular weight is 713 g/mol. The lowest BCUT2D eigenvalue weighted by atomic mass is 9.91. The lowest BCUT2D eigenvalue weighted by Crippen LogP contribution is -2.54. The fourth-order valence-corrected chi connectivity index (χ4v) is 5.53. The number of aliphatic hydroxyl groups excluding tert-OH is 1. The molecule has 284 valence electrons. The van der Waals surface area contributed by atoms with Gasteiger partial charge < -0.3 is 31.1 Å². The summed E-state index contributed by atoms with van der Waals surface area (Å²) in [6, 6.07) is 8.18. The van der Waals surface area contributed by atoms with Gasteiger partial charge >= 0.3 is 5.97 Å². The van der Waals surface area contributed by atoms with E-state index < -0.39 is 60.3 Å². The van der Waals surface area contributed by atoms with E-state index in [9.17, 15) is 29.1 Å². The first-order chi connectivity index (χ1) is 24.0. The molecule has 0 aliphatic rings. The number of carbonyl (C=O) groups is 5. The van der Waals surface area contributed by atoms with E-state index in [-0.39, 0.29) is 49.7 Å². The fourth-order valence-electron chi connectivity index (χ4n) is 5.53. The number of nitrogens with zero attached hydrogens (tertiary/aromatic N) is 2. The summed E-state index contributed by atoms with van der Waals surface area (Å²) in [6.07, 6.45) is -1.19. The Bertz CT molecular complexity index is 1420. The van der Waals surface area contributed by atoms with Crippen molar-refractivity contribution in [2.45, 2.75) is 125 Å². The minimum atomic E-state index is -1.28. The SMILES string of the molecule is Cc1cc(C)n(CCC(=O)NC(CC(=O)OCc2ccccc2)C(=O)NC(CC(C)C)C(O)CC(C)C(=O)NC(C(=O)NCC(C)C)C(C)C)n1. The monoisotopic (exact) mass is 712 g/mol. The molecule has 1 aromatic carbocycles. The van der Waals surface area contributed by atoms with Crippen LogP contribution in [0, 0.1) is 37.5 Å². The van der Waals surface area contributed by atoms with E-state index in [0.717, 1.165) is 17.0 Å². The number of hydrogen-bond donors (Lipinski definition) is 5. The number of hydrogen-bond acceptors (Lipinski definition) is 8. The third-order valence-corrected chi connectivity index (χ3v) is 8.41. The Morgan fingerprint density at radius 3 is 2.08 bits per heavy atom. The molecule has 0 bridgehead atoms. The molecule has 2 rings (SSSR count). The van der Waals surface area contributed by atoms with Crippen LogP contribution >= 0.6 is 0 Å². The quantitative estimate of drug-likeness (QED) is 0.122.